The minimum atomic E-state index is -0.951. The first-order valence-electron chi connectivity index (χ1n) is 6.61. The molecule has 2 aromatic carbocycles. The maximum absolute atomic E-state index is 10.6. The molecule has 1 unspecified atom stereocenters. The molecule has 0 aliphatic rings. The normalized spacial score (nSPS) is 12.0. The first-order chi connectivity index (χ1) is 10.1. The summed E-state index contributed by atoms with van der Waals surface area (Å²) < 4.78 is 10.6. The highest BCUT2D eigenvalue weighted by Crippen LogP contribution is 2.37. The van der Waals surface area contributed by atoms with Crippen LogP contribution >= 0.6 is 11.6 Å². The summed E-state index contributed by atoms with van der Waals surface area (Å²) in [5, 5.41) is 11.0. The number of halogens is 1. The van der Waals surface area contributed by atoms with Crippen LogP contribution in [0, 0.1) is 0 Å². The first-order valence-corrected chi connectivity index (χ1v) is 6.99. The zero-order chi connectivity index (χ0) is 15.4. The Morgan fingerprint density at radius 3 is 2.67 bits per heavy atom. The lowest BCUT2D eigenvalue weighted by Crippen LogP contribution is -2.06. The fourth-order valence-corrected chi connectivity index (χ4v) is 2.42. The third kappa shape index (κ3) is 3.23. The number of aliphatic hydroxyl groups excluding tert-OH is 1. The zero-order valence-electron chi connectivity index (χ0n) is 12.0. The maximum atomic E-state index is 10.6. The summed E-state index contributed by atoms with van der Waals surface area (Å²) in [6, 6.07) is 10.4. The molecule has 21 heavy (non-hydrogen) atoms. The van der Waals surface area contributed by atoms with Crippen molar-refractivity contribution in [3.8, 4) is 11.5 Å². The third-order valence-electron chi connectivity index (χ3n) is 3.17. The standard InChI is InChI=1S/C16H18ClNO3/c1-3-21-10-7-8-13(18)12(9-10)16(19)11-5-4-6-14(20-2)15(11)17/h4-9,16,19H,3,18H2,1-2H3. The van der Waals surface area contributed by atoms with Crippen molar-refractivity contribution in [2.24, 2.45) is 0 Å². The Morgan fingerprint density at radius 2 is 2.00 bits per heavy atom. The van der Waals surface area contributed by atoms with E-state index >= 15 is 0 Å². The lowest BCUT2D eigenvalue weighted by Gasteiger charge is -2.17. The number of hydrogen-bond acceptors (Lipinski definition) is 4. The highest BCUT2D eigenvalue weighted by Gasteiger charge is 2.19. The summed E-state index contributed by atoms with van der Waals surface area (Å²) in [7, 11) is 1.53. The van der Waals surface area contributed by atoms with E-state index < -0.39 is 6.10 Å². The monoisotopic (exact) mass is 307 g/mol. The Hall–Kier alpha value is -1.91. The van der Waals surface area contributed by atoms with Gasteiger partial charge < -0.3 is 20.3 Å². The lowest BCUT2D eigenvalue weighted by molar-refractivity contribution is 0.220. The van der Waals surface area contributed by atoms with Crippen molar-refractivity contribution in [1.82, 2.24) is 0 Å². The van der Waals surface area contributed by atoms with Gasteiger partial charge in [0, 0.05) is 16.8 Å². The van der Waals surface area contributed by atoms with Crippen LogP contribution in [0.3, 0.4) is 0 Å². The van der Waals surface area contributed by atoms with Crippen molar-refractivity contribution in [1.29, 1.82) is 0 Å². The number of ether oxygens (including phenoxy) is 2. The molecule has 0 spiro atoms. The van der Waals surface area contributed by atoms with Crippen LogP contribution in [-0.2, 0) is 0 Å². The highest BCUT2D eigenvalue weighted by atomic mass is 35.5. The molecule has 0 saturated carbocycles. The van der Waals surface area contributed by atoms with Crippen LogP contribution < -0.4 is 15.2 Å². The molecule has 3 N–H and O–H groups in total. The molecule has 0 radical (unpaired) electrons. The van der Waals surface area contributed by atoms with E-state index in [9.17, 15) is 5.11 Å². The van der Waals surface area contributed by atoms with Gasteiger partial charge in [0.2, 0.25) is 0 Å². The largest absolute Gasteiger partial charge is 0.495 e. The van der Waals surface area contributed by atoms with Crippen molar-refractivity contribution in [3.63, 3.8) is 0 Å². The minimum absolute atomic E-state index is 0.369. The topological polar surface area (TPSA) is 64.7 Å². The number of aliphatic hydroxyl groups is 1. The number of anilines is 1. The van der Waals surface area contributed by atoms with E-state index in [4.69, 9.17) is 26.8 Å². The number of nitrogens with two attached hydrogens (primary N) is 1. The van der Waals surface area contributed by atoms with Gasteiger partial charge in [0.25, 0.3) is 0 Å². The Morgan fingerprint density at radius 1 is 1.24 bits per heavy atom. The number of methoxy groups -OCH3 is 1. The summed E-state index contributed by atoms with van der Waals surface area (Å²) in [5.74, 6) is 1.16. The van der Waals surface area contributed by atoms with E-state index in [1.54, 1.807) is 36.4 Å². The molecule has 2 rings (SSSR count). The van der Waals surface area contributed by atoms with Crippen molar-refractivity contribution < 1.29 is 14.6 Å². The smallest absolute Gasteiger partial charge is 0.137 e. The van der Waals surface area contributed by atoms with Crippen LogP contribution in [0.5, 0.6) is 11.5 Å². The van der Waals surface area contributed by atoms with Crippen molar-refractivity contribution in [3.05, 3.63) is 52.5 Å². The molecule has 0 amide bonds. The van der Waals surface area contributed by atoms with Crippen molar-refractivity contribution in [2.75, 3.05) is 19.5 Å². The van der Waals surface area contributed by atoms with Crippen molar-refractivity contribution >= 4 is 17.3 Å². The van der Waals surface area contributed by atoms with E-state index in [1.165, 1.54) is 7.11 Å². The van der Waals surface area contributed by atoms with E-state index in [0.717, 1.165) is 0 Å². The number of nitrogen functional groups attached to an aromatic ring is 1. The van der Waals surface area contributed by atoms with Gasteiger partial charge >= 0.3 is 0 Å². The van der Waals surface area contributed by atoms with Gasteiger partial charge in [0.05, 0.1) is 18.7 Å². The van der Waals surface area contributed by atoms with E-state index in [0.29, 0.717) is 39.9 Å². The fraction of sp³-hybridized carbons (Fsp3) is 0.250. The first kappa shape index (κ1) is 15.5. The highest BCUT2D eigenvalue weighted by molar-refractivity contribution is 6.32. The van der Waals surface area contributed by atoms with E-state index in [-0.39, 0.29) is 0 Å². The second-order valence-corrected chi connectivity index (χ2v) is 4.87. The molecular formula is C16H18ClNO3. The average molecular weight is 308 g/mol. The molecule has 0 fully saturated rings. The molecule has 0 aliphatic heterocycles. The summed E-state index contributed by atoms with van der Waals surface area (Å²) in [5.41, 5.74) is 7.52. The Kier molecular flexibility index (Phi) is 4.94. The van der Waals surface area contributed by atoms with Gasteiger partial charge in [-0.1, -0.05) is 23.7 Å². The molecule has 0 bridgehead atoms. The van der Waals surface area contributed by atoms with Gasteiger partial charge in [-0.15, -0.1) is 0 Å². The predicted molar refractivity (Wildman–Crippen MR) is 84.1 cm³/mol. The van der Waals surface area contributed by atoms with Crippen LogP contribution in [0.4, 0.5) is 5.69 Å². The second-order valence-electron chi connectivity index (χ2n) is 4.49. The molecule has 0 saturated heterocycles. The van der Waals surface area contributed by atoms with Crippen LogP contribution in [0.25, 0.3) is 0 Å². The molecule has 0 aromatic heterocycles. The Bertz CT molecular complexity index is 631. The van der Waals surface area contributed by atoms with Crippen LogP contribution in [0.2, 0.25) is 5.02 Å². The minimum Gasteiger partial charge on any atom is -0.495 e. The zero-order valence-corrected chi connectivity index (χ0v) is 12.7. The fourth-order valence-electron chi connectivity index (χ4n) is 2.11. The molecule has 112 valence electrons. The Labute approximate surface area is 129 Å². The van der Waals surface area contributed by atoms with Gasteiger partial charge in [-0.3, -0.25) is 0 Å². The average Bonchev–Trinajstić information content (AvgIpc) is 2.49. The van der Waals surface area contributed by atoms with Gasteiger partial charge in [0.1, 0.15) is 17.6 Å². The number of rotatable bonds is 5. The quantitative estimate of drug-likeness (QED) is 0.831. The molecule has 4 nitrogen and oxygen atoms in total. The lowest BCUT2D eigenvalue weighted by atomic mass is 9.99. The van der Waals surface area contributed by atoms with E-state index in [2.05, 4.69) is 0 Å². The Balaban J connectivity index is 2.44. The summed E-state index contributed by atoms with van der Waals surface area (Å²) in [6.45, 7) is 2.44. The van der Waals surface area contributed by atoms with Gasteiger partial charge in [-0.2, -0.15) is 0 Å². The molecule has 0 aliphatic carbocycles. The molecule has 1 atom stereocenters. The van der Waals surface area contributed by atoms with Crippen LogP contribution in [0.1, 0.15) is 24.2 Å². The van der Waals surface area contributed by atoms with Crippen LogP contribution in [-0.4, -0.2) is 18.8 Å². The SMILES string of the molecule is CCOc1ccc(N)c(C(O)c2cccc(OC)c2Cl)c1. The summed E-state index contributed by atoms with van der Waals surface area (Å²) in [6.07, 6.45) is -0.951. The number of benzene rings is 2. The number of hydrogen-bond donors (Lipinski definition) is 2. The molecule has 0 heterocycles. The van der Waals surface area contributed by atoms with E-state index in [1.807, 2.05) is 6.92 Å². The molecule has 5 heteroatoms. The molecular weight excluding hydrogens is 290 g/mol. The summed E-state index contributed by atoms with van der Waals surface area (Å²) >= 11 is 6.25. The summed E-state index contributed by atoms with van der Waals surface area (Å²) in [4.78, 5) is 0. The van der Waals surface area contributed by atoms with Crippen molar-refractivity contribution in [2.45, 2.75) is 13.0 Å². The predicted octanol–water partition coefficient (Wildman–Crippen LogP) is 3.41. The van der Waals surface area contributed by atoms with Gasteiger partial charge in [-0.25, -0.2) is 0 Å². The molecule has 2 aromatic rings. The maximum Gasteiger partial charge on any atom is 0.137 e. The third-order valence-corrected chi connectivity index (χ3v) is 3.58. The van der Waals surface area contributed by atoms with Crippen LogP contribution in [0.15, 0.2) is 36.4 Å². The van der Waals surface area contributed by atoms with Gasteiger partial charge in [0.15, 0.2) is 0 Å². The van der Waals surface area contributed by atoms with Gasteiger partial charge in [-0.05, 0) is 31.2 Å². The second kappa shape index (κ2) is 6.70.